The van der Waals surface area contributed by atoms with Gasteiger partial charge >= 0.3 is 6.09 Å². The summed E-state index contributed by atoms with van der Waals surface area (Å²) in [6.45, 7) is 4.45. The first-order valence-corrected chi connectivity index (χ1v) is 6.54. The number of nitrogens with zero attached hydrogens (tertiary/aromatic N) is 1. The zero-order valence-electron chi connectivity index (χ0n) is 9.68. The van der Waals surface area contributed by atoms with E-state index in [1.165, 1.54) is 4.88 Å². The molecule has 1 amide bonds. The maximum absolute atomic E-state index is 11.9. The van der Waals surface area contributed by atoms with Crippen LogP contribution in [0.5, 0.6) is 0 Å². The van der Waals surface area contributed by atoms with Crippen LogP contribution in [-0.4, -0.2) is 23.1 Å². The monoisotopic (exact) mass is 239 g/mol. The first-order chi connectivity index (χ1) is 7.66. The van der Waals surface area contributed by atoms with Gasteiger partial charge in [0, 0.05) is 10.9 Å². The number of rotatable bonds is 4. The molecule has 0 atom stereocenters. The Morgan fingerprint density at radius 3 is 2.88 bits per heavy atom. The van der Waals surface area contributed by atoms with Crippen LogP contribution >= 0.6 is 11.3 Å². The minimum Gasteiger partial charge on any atom is -0.447 e. The quantitative estimate of drug-likeness (QED) is 0.807. The van der Waals surface area contributed by atoms with E-state index in [1.54, 1.807) is 11.3 Å². The van der Waals surface area contributed by atoms with E-state index < -0.39 is 0 Å². The SMILES string of the molecule is CC(C)OC(=O)N(Cc1cccs1)C1CC1. The third kappa shape index (κ3) is 2.98. The van der Waals surface area contributed by atoms with Crippen molar-refractivity contribution in [3.63, 3.8) is 0 Å². The van der Waals surface area contributed by atoms with Crippen LogP contribution in [0.25, 0.3) is 0 Å². The van der Waals surface area contributed by atoms with Gasteiger partial charge in [0.05, 0.1) is 12.6 Å². The Labute approximate surface area is 100 Å². The highest BCUT2D eigenvalue weighted by molar-refractivity contribution is 7.09. The van der Waals surface area contributed by atoms with E-state index in [4.69, 9.17) is 4.74 Å². The molecule has 0 unspecified atom stereocenters. The lowest BCUT2D eigenvalue weighted by Crippen LogP contribution is -2.34. The van der Waals surface area contributed by atoms with Gasteiger partial charge in [-0.1, -0.05) is 6.07 Å². The van der Waals surface area contributed by atoms with E-state index in [9.17, 15) is 4.79 Å². The largest absolute Gasteiger partial charge is 0.447 e. The lowest BCUT2D eigenvalue weighted by molar-refractivity contribution is 0.0724. The fourth-order valence-electron chi connectivity index (χ4n) is 1.57. The Morgan fingerprint density at radius 1 is 1.62 bits per heavy atom. The van der Waals surface area contributed by atoms with Crippen molar-refractivity contribution in [2.45, 2.75) is 45.4 Å². The molecule has 1 aromatic heterocycles. The number of carbonyl (C=O) groups excluding carboxylic acids is 1. The van der Waals surface area contributed by atoms with E-state index >= 15 is 0 Å². The molecule has 1 aromatic rings. The van der Waals surface area contributed by atoms with Crippen molar-refractivity contribution in [3.05, 3.63) is 22.4 Å². The summed E-state index contributed by atoms with van der Waals surface area (Å²) in [6.07, 6.45) is 2.00. The minimum atomic E-state index is -0.175. The second kappa shape index (κ2) is 4.87. The van der Waals surface area contributed by atoms with Crippen LogP contribution in [0.2, 0.25) is 0 Å². The van der Waals surface area contributed by atoms with Crippen molar-refractivity contribution in [3.8, 4) is 0 Å². The maximum atomic E-state index is 11.9. The van der Waals surface area contributed by atoms with Crippen LogP contribution < -0.4 is 0 Å². The van der Waals surface area contributed by atoms with E-state index in [0.29, 0.717) is 12.6 Å². The Morgan fingerprint density at radius 2 is 2.38 bits per heavy atom. The molecule has 0 aliphatic heterocycles. The molecule has 0 bridgehead atoms. The van der Waals surface area contributed by atoms with Gasteiger partial charge in [0.1, 0.15) is 0 Å². The molecular weight excluding hydrogens is 222 g/mol. The fourth-order valence-corrected chi connectivity index (χ4v) is 2.27. The van der Waals surface area contributed by atoms with Crippen molar-refractivity contribution in [1.82, 2.24) is 4.90 Å². The predicted molar refractivity (Wildman–Crippen MR) is 64.5 cm³/mol. The lowest BCUT2D eigenvalue weighted by atomic mass is 10.4. The van der Waals surface area contributed by atoms with Gasteiger partial charge in [-0.25, -0.2) is 4.79 Å². The summed E-state index contributed by atoms with van der Waals surface area (Å²) in [5, 5.41) is 2.04. The molecular formula is C12H17NO2S. The summed E-state index contributed by atoms with van der Waals surface area (Å²) in [5.41, 5.74) is 0. The number of carbonyl (C=O) groups is 1. The average molecular weight is 239 g/mol. The molecule has 1 saturated carbocycles. The van der Waals surface area contributed by atoms with Crippen molar-refractivity contribution < 1.29 is 9.53 Å². The van der Waals surface area contributed by atoms with Gasteiger partial charge in [0.15, 0.2) is 0 Å². The zero-order chi connectivity index (χ0) is 11.5. The topological polar surface area (TPSA) is 29.5 Å². The van der Waals surface area contributed by atoms with Crippen molar-refractivity contribution >= 4 is 17.4 Å². The molecule has 16 heavy (non-hydrogen) atoms. The molecule has 1 aliphatic carbocycles. The van der Waals surface area contributed by atoms with Gasteiger partial charge < -0.3 is 9.64 Å². The van der Waals surface area contributed by atoms with E-state index in [1.807, 2.05) is 30.2 Å². The van der Waals surface area contributed by atoms with Gasteiger partial charge in [-0.05, 0) is 38.1 Å². The Hall–Kier alpha value is -1.03. The Bertz CT molecular complexity index is 344. The highest BCUT2D eigenvalue weighted by atomic mass is 32.1. The highest BCUT2D eigenvalue weighted by Gasteiger charge is 2.34. The summed E-state index contributed by atoms with van der Waals surface area (Å²) < 4.78 is 5.25. The summed E-state index contributed by atoms with van der Waals surface area (Å²) in [7, 11) is 0. The number of hydrogen-bond donors (Lipinski definition) is 0. The summed E-state index contributed by atoms with van der Waals surface area (Å²) in [5.74, 6) is 0. The number of hydrogen-bond acceptors (Lipinski definition) is 3. The number of amides is 1. The fraction of sp³-hybridized carbons (Fsp3) is 0.583. The van der Waals surface area contributed by atoms with Gasteiger partial charge in [-0.15, -0.1) is 11.3 Å². The molecule has 0 N–H and O–H groups in total. The Kier molecular flexibility index (Phi) is 3.49. The molecule has 2 rings (SSSR count). The first kappa shape index (κ1) is 11.5. The van der Waals surface area contributed by atoms with Crippen molar-refractivity contribution in [2.75, 3.05) is 0 Å². The molecule has 88 valence electrons. The molecule has 1 fully saturated rings. The second-order valence-corrected chi connectivity index (χ2v) is 5.40. The molecule has 0 radical (unpaired) electrons. The van der Waals surface area contributed by atoms with Crippen LogP contribution in [0.4, 0.5) is 4.79 Å². The molecule has 3 nitrogen and oxygen atoms in total. The van der Waals surface area contributed by atoms with Gasteiger partial charge in [0.2, 0.25) is 0 Å². The van der Waals surface area contributed by atoms with E-state index in [-0.39, 0.29) is 12.2 Å². The maximum Gasteiger partial charge on any atom is 0.410 e. The van der Waals surface area contributed by atoms with Gasteiger partial charge in [-0.3, -0.25) is 0 Å². The normalized spacial score (nSPS) is 15.2. The smallest absolute Gasteiger partial charge is 0.410 e. The third-order valence-corrected chi connectivity index (χ3v) is 3.33. The summed E-state index contributed by atoms with van der Waals surface area (Å²) in [6, 6.07) is 4.47. The van der Waals surface area contributed by atoms with E-state index in [0.717, 1.165) is 12.8 Å². The molecule has 0 aromatic carbocycles. The van der Waals surface area contributed by atoms with Crippen LogP contribution in [0.3, 0.4) is 0 Å². The lowest BCUT2D eigenvalue weighted by Gasteiger charge is -2.22. The van der Waals surface area contributed by atoms with Crippen LogP contribution in [0, 0.1) is 0 Å². The third-order valence-electron chi connectivity index (χ3n) is 2.46. The number of ether oxygens (including phenoxy) is 1. The van der Waals surface area contributed by atoms with Gasteiger partial charge in [-0.2, -0.15) is 0 Å². The van der Waals surface area contributed by atoms with Gasteiger partial charge in [0.25, 0.3) is 0 Å². The summed E-state index contributed by atoms with van der Waals surface area (Å²) in [4.78, 5) is 14.9. The molecule has 1 heterocycles. The predicted octanol–water partition coefficient (Wildman–Crippen LogP) is 3.26. The second-order valence-electron chi connectivity index (χ2n) is 4.37. The Balaban J connectivity index is 1.97. The van der Waals surface area contributed by atoms with Crippen LogP contribution in [-0.2, 0) is 11.3 Å². The van der Waals surface area contributed by atoms with Crippen LogP contribution in [0.1, 0.15) is 31.6 Å². The highest BCUT2D eigenvalue weighted by Crippen LogP contribution is 2.29. The molecule has 0 saturated heterocycles. The van der Waals surface area contributed by atoms with Crippen molar-refractivity contribution in [2.24, 2.45) is 0 Å². The summed E-state index contributed by atoms with van der Waals surface area (Å²) >= 11 is 1.68. The van der Waals surface area contributed by atoms with Crippen molar-refractivity contribution in [1.29, 1.82) is 0 Å². The molecule has 1 aliphatic rings. The zero-order valence-corrected chi connectivity index (χ0v) is 10.5. The molecule has 0 spiro atoms. The minimum absolute atomic E-state index is 0.0444. The number of thiophene rings is 1. The first-order valence-electron chi connectivity index (χ1n) is 5.66. The van der Waals surface area contributed by atoms with E-state index in [2.05, 4.69) is 6.07 Å². The average Bonchev–Trinajstić information content (AvgIpc) is 2.91. The van der Waals surface area contributed by atoms with Crippen LogP contribution in [0.15, 0.2) is 17.5 Å². The molecule has 4 heteroatoms. The standard InChI is InChI=1S/C12H17NO2S/c1-9(2)15-12(14)13(10-5-6-10)8-11-4-3-7-16-11/h3-4,7,9-10H,5-6,8H2,1-2H3.